The van der Waals surface area contributed by atoms with Crippen LogP contribution in [-0.2, 0) is 0 Å². The molecule has 26 heavy (non-hydrogen) atoms. The van der Waals surface area contributed by atoms with Gasteiger partial charge in [-0.25, -0.2) is 0 Å². The molecule has 1 heterocycles. The zero-order chi connectivity index (χ0) is 18.3. The number of anilines is 1. The lowest BCUT2D eigenvalue weighted by molar-refractivity contribution is -0.0523. The zero-order valence-electron chi connectivity index (χ0n) is 14.1. The van der Waals surface area contributed by atoms with E-state index in [1.54, 1.807) is 41.3 Å². The highest BCUT2D eigenvalue weighted by Crippen LogP contribution is 2.45. The van der Waals surface area contributed by atoms with E-state index in [0.717, 1.165) is 12.8 Å². The highest BCUT2D eigenvalue weighted by molar-refractivity contribution is 6.02. The highest BCUT2D eigenvalue weighted by Gasteiger charge is 2.43. The second kappa shape index (κ2) is 6.48. The van der Waals surface area contributed by atoms with Crippen molar-refractivity contribution in [2.45, 2.75) is 31.7 Å². The minimum atomic E-state index is -2.99. The number of amides is 1. The molecule has 1 fully saturated rings. The molecule has 0 aromatic heterocycles. The van der Waals surface area contributed by atoms with Crippen molar-refractivity contribution in [3.05, 3.63) is 53.6 Å². The normalized spacial score (nSPS) is 19.2. The number of methoxy groups -OCH3 is 1. The predicted molar refractivity (Wildman–Crippen MR) is 91.6 cm³/mol. The third-order valence-corrected chi connectivity index (χ3v) is 4.63. The number of hydrogen-bond acceptors (Lipinski definition) is 4. The number of rotatable bonds is 5. The van der Waals surface area contributed by atoms with Crippen LogP contribution in [-0.4, -0.2) is 30.6 Å². The van der Waals surface area contributed by atoms with Gasteiger partial charge in [-0.1, -0.05) is 24.3 Å². The first kappa shape index (κ1) is 16.6. The van der Waals surface area contributed by atoms with Crippen LogP contribution < -0.4 is 14.8 Å². The molecular weight excluding hydrogens is 342 g/mol. The first-order chi connectivity index (χ1) is 12.6. The fourth-order valence-electron chi connectivity index (χ4n) is 3.35. The van der Waals surface area contributed by atoms with E-state index in [0.29, 0.717) is 16.8 Å². The quantitative estimate of drug-likeness (QED) is 0.875. The van der Waals surface area contributed by atoms with Gasteiger partial charge in [0.1, 0.15) is 6.17 Å². The maximum Gasteiger partial charge on any atom is 0.387 e. The molecule has 1 amide bonds. The molecule has 5 nitrogen and oxygen atoms in total. The minimum Gasteiger partial charge on any atom is -0.493 e. The van der Waals surface area contributed by atoms with Gasteiger partial charge in [0.15, 0.2) is 11.5 Å². The summed E-state index contributed by atoms with van der Waals surface area (Å²) in [5.41, 5.74) is 1.69. The van der Waals surface area contributed by atoms with Crippen LogP contribution >= 0.6 is 0 Å². The average molecular weight is 360 g/mol. The number of fused-ring (bicyclic) bond motifs is 1. The summed E-state index contributed by atoms with van der Waals surface area (Å²) in [6.07, 6.45) is 1.18. The lowest BCUT2D eigenvalue weighted by Gasteiger charge is -2.39. The number of alkyl halides is 2. The van der Waals surface area contributed by atoms with Crippen LogP contribution in [0, 0.1) is 0 Å². The molecular formula is C19H18F2N2O3. The second-order valence-corrected chi connectivity index (χ2v) is 6.29. The van der Waals surface area contributed by atoms with Crippen LogP contribution in [0.1, 0.15) is 34.9 Å². The summed E-state index contributed by atoms with van der Waals surface area (Å²) in [7, 11) is 1.39. The van der Waals surface area contributed by atoms with Gasteiger partial charge in [-0.05, 0) is 31.0 Å². The van der Waals surface area contributed by atoms with Crippen LogP contribution in [0.25, 0.3) is 0 Å². The van der Waals surface area contributed by atoms with Gasteiger partial charge in [-0.2, -0.15) is 8.78 Å². The number of halogens is 2. The maximum absolute atomic E-state index is 13.0. The van der Waals surface area contributed by atoms with Gasteiger partial charge < -0.3 is 19.7 Å². The smallest absolute Gasteiger partial charge is 0.387 e. The van der Waals surface area contributed by atoms with Crippen molar-refractivity contribution in [3.63, 3.8) is 0 Å². The first-order valence-electron chi connectivity index (χ1n) is 8.40. The number of carbonyl (C=O) groups excluding carboxylic acids is 1. The third kappa shape index (κ3) is 2.83. The van der Waals surface area contributed by atoms with Gasteiger partial charge in [0, 0.05) is 17.3 Å². The Balaban J connectivity index is 1.82. The van der Waals surface area contributed by atoms with E-state index >= 15 is 0 Å². The maximum atomic E-state index is 13.0. The standard InChI is InChI=1S/C19H18F2N2O3/c1-25-15-8-4-6-13(16(15)26-19(20)21)17-22-14-7-3-2-5-12(14)18(24)23(17)11-9-10-11/h2-8,11,17,19,22H,9-10H2,1H3. The summed E-state index contributed by atoms with van der Waals surface area (Å²) in [6, 6.07) is 12.2. The van der Waals surface area contributed by atoms with Crippen LogP contribution in [0.3, 0.4) is 0 Å². The van der Waals surface area contributed by atoms with Crippen molar-refractivity contribution in [1.82, 2.24) is 4.90 Å². The van der Waals surface area contributed by atoms with Gasteiger partial charge in [-0.3, -0.25) is 4.79 Å². The topological polar surface area (TPSA) is 50.8 Å². The number of nitrogens with one attached hydrogen (secondary N) is 1. The van der Waals surface area contributed by atoms with E-state index in [2.05, 4.69) is 5.32 Å². The molecule has 1 aliphatic carbocycles. The molecule has 136 valence electrons. The molecule has 1 unspecified atom stereocenters. The number of ether oxygens (including phenoxy) is 2. The molecule has 0 saturated heterocycles. The second-order valence-electron chi connectivity index (χ2n) is 6.29. The largest absolute Gasteiger partial charge is 0.493 e. The Hall–Kier alpha value is -2.83. The van der Waals surface area contributed by atoms with Gasteiger partial charge >= 0.3 is 6.61 Å². The van der Waals surface area contributed by atoms with Gasteiger partial charge in [-0.15, -0.1) is 0 Å². The van der Waals surface area contributed by atoms with Gasteiger partial charge in [0.05, 0.1) is 12.7 Å². The fourth-order valence-corrected chi connectivity index (χ4v) is 3.35. The molecule has 0 radical (unpaired) electrons. The van der Waals surface area contributed by atoms with Crippen LogP contribution in [0.5, 0.6) is 11.5 Å². The van der Waals surface area contributed by atoms with Crippen molar-refractivity contribution < 1.29 is 23.0 Å². The van der Waals surface area contributed by atoms with Crippen molar-refractivity contribution in [1.29, 1.82) is 0 Å². The molecule has 2 aromatic rings. The lowest BCUT2D eigenvalue weighted by Crippen LogP contribution is -2.44. The summed E-state index contributed by atoms with van der Waals surface area (Å²) in [6.45, 7) is -2.99. The first-order valence-corrected chi connectivity index (χ1v) is 8.40. The van der Waals surface area contributed by atoms with E-state index < -0.39 is 12.8 Å². The summed E-state index contributed by atoms with van der Waals surface area (Å²) in [4.78, 5) is 14.8. The molecule has 0 bridgehead atoms. The number of carbonyl (C=O) groups is 1. The third-order valence-electron chi connectivity index (χ3n) is 4.63. The minimum absolute atomic E-state index is 0.0552. The summed E-state index contributed by atoms with van der Waals surface area (Å²) >= 11 is 0. The zero-order valence-corrected chi connectivity index (χ0v) is 14.1. The Morgan fingerprint density at radius 3 is 2.62 bits per heavy atom. The molecule has 2 aromatic carbocycles. The van der Waals surface area contributed by atoms with Crippen LogP contribution in [0.2, 0.25) is 0 Å². The van der Waals surface area contributed by atoms with Crippen molar-refractivity contribution in [2.75, 3.05) is 12.4 Å². The number of benzene rings is 2. The molecule has 1 atom stereocenters. The Morgan fingerprint density at radius 1 is 1.15 bits per heavy atom. The molecule has 7 heteroatoms. The van der Waals surface area contributed by atoms with E-state index in [1.165, 1.54) is 7.11 Å². The number of nitrogens with zero attached hydrogens (tertiary/aromatic N) is 1. The molecule has 1 aliphatic heterocycles. The van der Waals surface area contributed by atoms with Gasteiger partial charge in [0.25, 0.3) is 5.91 Å². The summed E-state index contributed by atoms with van der Waals surface area (Å²) in [5.74, 6) is 0.0321. The van der Waals surface area contributed by atoms with Crippen LogP contribution in [0.4, 0.5) is 14.5 Å². The summed E-state index contributed by atoms with van der Waals surface area (Å²) in [5, 5.41) is 3.30. The molecule has 2 aliphatic rings. The molecule has 1 N–H and O–H groups in total. The van der Waals surface area contributed by atoms with E-state index in [-0.39, 0.29) is 23.4 Å². The number of hydrogen-bond donors (Lipinski definition) is 1. The Labute approximate surface area is 149 Å². The van der Waals surface area contributed by atoms with E-state index in [1.807, 2.05) is 6.07 Å². The Bertz CT molecular complexity index is 839. The highest BCUT2D eigenvalue weighted by atomic mass is 19.3. The Kier molecular flexibility index (Phi) is 4.14. The van der Waals surface area contributed by atoms with E-state index in [4.69, 9.17) is 9.47 Å². The van der Waals surface area contributed by atoms with Crippen molar-refractivity contribution in [3.8, 4) is 11.5 Å². The molecule has 1 saturated carbocycles. The predicted octanol–water partition coefficient (Wildman–Crippen LogP) is 4.03. The SMILES string of the molecule is COc1cccc(C2Nc3ccccc3C(=O)N2C2CC2)c1OC(F)F. The molecule has 4 rings (SSSR count). The summed E-state index contributed by atoms with van der Waals surface area (Å²) < 4.78 is 35.9. The van der Waals surface area contributed by atoms with Crippen LogP contribution in [0.15, 0.2) is 42.5 Å². The van der Waals surface area contributed by atoms with Crippen molar-refractivity contribution >= 4 is 11.6 Å². The lowest BCUT2D eigenvalue weighted by atomic mass is 10.0. The average Bonchev–Trinajstić information content (AvgIpc) is 3.46. The van der Waals surface area contributed by atoms with Gasteiger partial charge in [0.2, 0.25) is 0 Å². The fraction of sp³-hybridized carbons (Fsp3) is 0.316. The molecule has 0 spiro atoms. The number of para-hydroxylation sites is 2. The van der Waals surface area contributed by atoms with E-state index in [9.17, 15) is 13.6 Å². The monoisotopic (exact) mass is 360 g/mol. The van der Waals surface area contributed by atoms with Crippen molar-refractivity contribution in [2.24, 2.45) is 0 Å². The Morgan fingerprint density at radius 2 is 1.92 bits per heavy atom.